The molecule has 0 nitrogen and oxygen atoms in total. The smallest absolute Gasteiger partial charge is 0.0556 e. The van der Waals surface area contributed by atoms with E-state index in [9.17, 15) is 0 Å². The van der Waals surface area contributed by atoms with Gasteiger partial charge in [-0.2, -0.15) is 0 Å². The van der Waals surface area contributed by atoms with Crippen molar-refractivity contribution in [2.45, 2.75) is 31.5 Å². The molecule has 2 rings (SSSR count). The minimum absolute atomic E-state index is 0.714. The third kappa shape index (κ3) is 1.63. The quantitative estimate of drug-likeness (QED) is 0.432. The fraction of sp³-hybridized carbons (Fsp3) is 1.00. The molecular weight excluding hydrogens is 187 g/mol. The van der Waals surface area contributed by atoms with Crippen molar-refractivity contribution in [2.24, 2.45) is 0 Å². The van der Waals surface area contributed by atoms with Crippen molar-refractivity contribution >= 4 is 25.9 Å². The van der Waals surface area contributed by atoms with E-state index >= 15 is 0 Å². The van der Waals surface area contributed by atoms with Crippen LogP contribution in [-0.2, 0) is 11.8 Å². The molecule has 3 heteroatoms. The highest BCUT2D eigenvalue weighted by Gasteiger charge is 2.40. The zero-order chi connectivity index (χ0) is 7.95. The first-order valence-corrected chi connectivity index (χ1v) is 11.2. The second-order valence-corrected chi connectivity index (χ2v) is 15.9. The lowest BCUT2D eigenvalue weighted by Gasteiger charge is -2.43. The van der Waals surface area contributed by atoms with Crippen molar-refractivity contribution in [3.63, 3.8) is 0 Å². The Bertz CT molecular complexity index is 200. The van der Waals surface area contributed by atoms with Crippen LogP contribution in [0.2, 0.25) is 18.6 Å². The van der Waals surface area contributed by atoms with Gasteiger partial charge in [0, 0.05) is 0 Å². The van der Waals surface area contributed by atoms with Crippen LogP contribution in [0, 0.1) is 0 Å². The van der Waals surface area contributed by atoms with Crippen LogP contribution < -0.4 is 0 Å². The first-order valence-electron chi connectivity index (χ1n) is 4.69. The van der Waals surface area contributed by atoms with Gasteiger partial charge >= 0.3 is 0 Å². The topological polar surface area (TPSA) is 0 Å². The number of hydrogen-bond donors (Lipinski definition) is 0. The Labute approximate surface area is 75.8 Å². The average Bonchev–Trinajstić information content (AvgIpc) is 1.83. The third-order valence-corrected chi connectivity index (χ3v) is 16.4. The van der Waals surface area contributed by atoms with Gasteiger partial charge in [-0.1, -0.05) is 43.3 Å². The zero-order valence-electron chi connectivity index (χ0n) is 7.31. The molecule has 0 aromatic carbocycles. The molecule has 2 bridgehead atoms. The number of hydrogen-bond acceptors (Lipinski definition) is 1. The van der Waals surface area contributed by atoms with Gasteiger partial charge in [0.1, 0.15) is 0 Å². The second kappa shape index (κ2) is 2.68. The molecule has 0 aromatic rings. The summed E-state index contributed by atoms with van der Waals surface area (Å²) >= 11 is 5.80. The first kappa shape index (κ1) is 8.46. The van der Waals surface area contributed by atoms with Crippen molar-refractivity contribution in [3.8, 4) is 0 Å². The summed E-state index contributed by atoms with van der Waals surface area (Å²) in [5, 5.41) is 0. The molecule has 64 valence electrons. The molecule has 0 aliphatic carbocycles. The lowest BCUT2D eigenvalue weighted by atomic mass is 10.5. The molecule has 0 unspecified atom stereocenters. The van der Waals surface area contributed by atoms with E-state index < -0.39 is 14.1 Å². The second-order valence-electron chi connectivity index (χ2n) is 4.68. The van der Waals surface area contributed by atoms with Gasteiger partial charge in [0.25, 0.3) is 0 Å². The minimum Gasteiger partial charge on any atom is -0.0978 e. The summed E-state index contributed by atoms with van der Waals surface area (Å²) in [6, 6.07) is 2.47. The van der Waals surface area contributed by atoms with Crippen LogP contribution >= 0.6 is 6.04 Å². The number of rotatable bonds is 0. The summed E-state index contributed by atoms with van der Waals surface area (Å²) in [6.45, 7) is 2.60. The Kier molecular flexibility index (Phi) is 2.06. The Hall–Kier alpha value is 0.867. The van der Waals surface area contributed by atoms with Gasteiger partial charge in [0.2, 0.25) is 0 Å². The third-order valence-electron chi connectivity index (χ3n) is 3.36. The summed E-state index contributed by atoms with van der Waals surface area (Å²) in [6.07, 6.45) is 5.93. The molecule has 0 N–H and O–H groups in total. The Balaban J connectivity index is 2.23. The van der Waals surface area contributed by atoms with E-state index in [1.54, 1.807) is 17.9 Å². The molecule has 2 aliphatic heterocycles. The van der Waals surface area contributed by atoms with Gasteiger partial charge in [-0.25, -0.2) is 0 Å². The minimum atomic E-state index is -0.734. The highest BCUT2D eigenvalue weighted by molar-refractivity contribution is 8.15. The molecule has 2 heterocycles. The van der Waals surface area contributed by atoms with E-state index in [0.717, 1.165) is 0 Å². The zero-order valence-corrected chi connectivity index (χ0v) is 10.0. The standard InChI is InChI=1S/C8H17PSSi/c1-11-6-2-4-9(10,8-11)5-3-7-11/h2-8H2,1H3. The van der Waals surface area contributed by atoms with Crippen LogP contribution in [0.5, 0.6) is 0 Å². The van der Waals surface area contributed by atoms with Crippen LogP contribution in [0.3, 0.4) is 0 Å². The highest BCUT2D eigenvalue weighted by Crippen LogP contribution is 2.58. The largest absolute Gasteiger partial charge is 0.0978 e. The van der Waals surface area contributed by atoms with Crippen LogP contribution in [0.1, 0.15) is 12.8 Å². The lowest BCUT2D eigenvalue weighted by molar-refractivity contribution is 0.928. The molecule has 0 radical (unpaired) electrons. The molecule has 0 atom stereocenters. The SMILES string of the molecule is C[Si]12CCCP(=S)(CCC1)C2. The van der Waals surface area contributed by atoms with Gasteiger partial charge in [-0.3, -0.25) is 0 Å². The molecule has 2 aliphatic rings. The van der Waals surface area contributed by atoms with E-state index in [4.69, 9.17) is 11.8 Å². The van der Waals surface area contributed by atoms with Crippen LogP contribution in [-0.4, -0.2) is 26.2 Å². The maximum Gasteiger partial charge on any atom is 0.0556 e. The summed E-state index contributed by atoms with van der Waals surface area (Å²) < 4.78 is 0. The van der Waals surface area contributed by atoms with Gasteiger partial charge in [0.15, 0.2) is 0 Å². The summed E-state index contributed by atoms with van der Waals surface area (Å²) in [5.74, 6) is 1.58. The van der Waals surface area contributed by atoms with Crippen LogP contribution in [0.4, 0.5) is 0 Å². The van der Waals surface area contributed by atoms with Crippen molar-refractivity contribution in [1.29, 1.82) is 0 Å². The van der Waals surface area contributed by atoms with Gasteiger partial charge in [-0.15, -0.1) is 0 Å². The monoisotopic (exact) mass is 204 g/mol. The van der Waals surface area contributed by atoms with Crippen molar-refractivity contribution < 1.29 is 0 Å². The fourth-order valence-corrected chi connectivity index (χ4v) is 19.1. The van der Waals surface area contributed by atoms with Crippen LogP contribution in [0.25, 0.3) is 0 Å². The average molecular weight is 204 g/mol. The maximum atomic E-state index is 5.80. The molecular formula is C8H17PSSi. The van der Waals surface area contributed by atoms with E-state index in [-0.39, 0.29) is 0 Å². The van der Waals surface area contributed by atoms with E-state index in [1.807, 2.05) is 0 Å². The van der Waals surface area contributed by atoms with Crippen molar-refractivity contribution in [2.75, 3.05) is 18.1 Å². The molecule has 0 saturated carbocycles. The summed E-state index contributed by atoms with van der Waals surface area (Å²) in [4.78, 5) is 0. The normalized spacial score (nSPS) is 50.6. The lowest BCUT2D eigenvalue weighted by Crippen LogP contribution is -2.42. The van der Waals surface area contributed by atoms with Crippen molar-refractivity contribution in [1.82, 2.24) is 0 Å². The highest BCUT2D eigenvalue weighted by atomic mass is 32.4. The first-order chi connectivity index (χ1) is 5.12. The summed E-state index contributed by atoms with van der Waals surface area (Å²) in [5.41, 5.74) is 0. The van der Waals surface area contributed by atoms with Gasteiger partial charge in [0.05, 0.1) is 8.07 Å². The Morgan fingerprint density at radius 2 is 1.73 bits per heavy atom. The van der Waals surface area contributed by atoms with Gasteiger partial charge < -0.3 is 0 Å². The Morgan fingerprint density at radius 1 is 1.18 bits per heavy atom. The molecule has 0 aromatic heterocycles. The van der Waals surface area contributed by atoms with Gasteiger partial charge in [-0.05, 0) is 24.1 Å². The Morgan fingerprint density at radius 3 is 2.09 bits per heavy atom. The maximum absolute atomic E-state index is 5.80. The fourth-order valence-electron chi connectivity index (χ4n) is 2.84. The summed E-state index contributed by atoms with van der Waals surface area (Å²) in [7, 11) is -0.714. The van der Waals surface area contributed by atoms with E-state index in [1.165, 1.54) is 25.2 Å². The molecule has 0 spiro atoms. The van der Waals surface area contributed by atoms with Crippen molar-refractivity contribution in [3.05, 3.63) is 0 Å². The predicted molar refractivity (Wildman–Crippen MR) is 59.4 cm³/mol. The predicted octanol–water partition coefficient (Wildman–Crippen LogP) is 2.89. The molecule has 11 heavy (non-hydrogen) atoms. The van der Waals surface area contributed by atoms with Crippen LogP contribution in [0.15, 0.2) is 0 Å². The molecule has 0 amide bonds. The molecule has 2 saturated heterocycles. The van der Waals surface area contributed by atoms with E-state index in [0.29, 0.717) is 0 Å². The molecule has 2 fully saturated rings. The van der Waals surface area contributed by atoms with E-state index in [2.05, 4.69) is 6.55 Å². The number of fused-ring (bicyclic) bond motifs is 2.